The third-order valence-electron chi connectivity index (χ3n) is 2.58. The lowest BCUT2D eigenvalue weighted by Crippen LogP contribution is -2.28. The van der Waals surface area contributed by atoms with E-state index in [1.165, 1.54) is 0 Å². The van der Waals surface area contributed by atoms with Gasteiger partial charge in [0.1, 0.15) is 5.69 Å². The topological polar surface area (TPSA) is 96.5 Å². The van der Waals surface area contributed by atoms with Crippen molar-refractivity contribution in [1.82, 2.24) is 10.2 Å². The number of nitrogens with one attached hydrogen (secondary N) is 2. The second kappa shape index (κ2) is 8.49. The normalized spacial score (nSPS) is 15.5. The summed E-state index contributed by atoms with van der Waals surface area (Å²) in [5.41, 5.74) is 1.98. The SMILES string of the molecule is CC(=O)O.COCc1n[nH]cc1NC1CCOCC1. The van der Waals surface area contributed by atoms with Crippen LogP contribution in [0.25, 0.3) is 0 Å². The number of hydrogen-bond acceptors (Lipinski definition) is 5. The number of carbonyl (C=O) groups is 1. The molecule has 108 valence electrons. The van der Waals surface area contributed by atoms with Crippen molar-refractivity contribution in [3.63, 3.8) is 0 Å². The van der Waals surface area contributed by atoms with Gasteiger partial charge in [-0.25, -0.2) is 0 Å². The fourth-order valence-corrected chi connectivity index (χ4v) is 1.75. The lowest BCUT2D eigenvalue weighted by Gasteiger charge is -2.23. The Morgan fingerprint density at radius 1 is 1.63 bits per heavy atom. The van der Waals surface area contributed by atoms with E-state index >= 15 is 0 Å². The molecule has 7 nitrogen and oxygen atoms in total. The molecule has 2 heterocycles. The highest BCUT2D eigenvalue weighted by molar-refractivity contribution is 5.62. The first kappa shape index (κ1) is 15.5. The molecule has 0 aromatic carbocycles. The first-order valence-corrected chi connectivity index (χ1v) is 6.19. The Balaban J connectivity index is 0.000000399. The molecule has 1 aliphatic heterocycles. The summed E-state index contributed by atoms with van der Waals surface area (Å²) in [6, 6.07) is 0.493. The van der Waals surface area contributed by atoms with Gasteiger partial charge in [0.2, 0.25) is 0 Å². The third-order valence-corrected chi connectivity index (χ3v) is 2.58. The molecule has 0 unspecified atom stereocenters. The first-order valence-electron chi connectivity index (χ1n) is 6.19. The van der Waals surface area contributed by atoms with Gasteiger partial charge < -0.3 is 19.9 Å². The Morgan fingerprint density at radius 2 is 2.26 bits per heavy atom. The first-order chi connectivity index (χ1) is 9.13. The molecule has 1 fully saturated rings. The van der Waals surface area contributed by atoms with Crippen molar-refractivity contribution in [3.05, 3.63) is 11.9 Å². The zero-order chi connectivity index (χ0) is 14.1. The molecule has 2 rings (SSSR count). The molecule has 0 amide bonds. The number of anilines is 1. The van der Waals surface area contributed by atoms with Gasteiger partial charge in [-0.2, -0.15) is 5.10 Å². The summed E-state index contributed by atoms with van der Waals surface area (Å²) in [5.74, 6) is -0.833. The maximum absolute atomic E-state index is 9.00. The second-order valence-electron chi connectivity index (χ2n) is 4.23. The van der Waals surface area contributed by atoms with Crippen molar-refractivity contribution in [2.45, 2.75) is 32.4 Å². The Kier molecular flexibility index (Phi) is 6.91. The minimum absolute atomic E-state index is 0.493. The zero-order valence-electron chi connectivity index (χ0n) is 11.3. The van der Waals surface area contributed by atoms with Crippen LogP contribution in [0.15, 0.2) is 6.20 Å². The minimum atomic E-state index is -0.833. The third kappa shape index (κ3) is 6.21. The van der Waals surface area contributed by atoms with Crippen LogP contribution < -0.4 is 5.32 Å². The minimum Gasteiger partial charge on any atom is -0.481 e. The maximum Gasteiger partial charge on any atom is 0.300 e. The molecule has 3 N–H and O–H groups in total. The molecule has 19 heavy (non-hydrogen) atoms. The molecule has 1 aromatic heterocycles. The molecule has 0 saturated carbocycles. The molecule has 7 heteroatoms. The van der Waals surface area contributed by atoms with Gasteiger partial charge in [-0.1, -0.05) is 0 Å². The van der Waals surface area contributed by atoms with Crippen LogP contribution in [-0.2, 0) is 20.9 Å². The molecule has 1 aliphatic rings. The van der Waals surface area contributed by atoms with Crippen molar-refractivity contribution < 1.29 is 19.4 Å². The van der Waals surface area contributed by atoms with Crippen molar-refractivity contribution in [3.8, 4) is 0 Å². The second-order valence-corrected chi connectivity index (χ2v) is 4.23. The van der Waals surface area contributed by atoms with Crippen molar-refractivity contribution in [2.75, 3.05) is 25.6 Å². The van der Waals surface area contributed by atoms with Crippen LogP contribution in [0.2, 0.25) is 0 Å². The highest BCUT2D eigenvalue weighted by Crippen LogP contribution is 2.17. The fraction of sp³-hybridized carbons (Fsp3) is 0.667. The van der Waals surface area contributed by atoms with E-state index < -0.39 is 5.97 Å². The number of carboxylic acid groups (broad SMARTS) is 1. The smallest absolute Gasteiger partial charge is 0.300 e. The van der Waals surface area contributed by atoms with E-state index in [4.69, 9.17) is 19.4 Å². The predicted octanol–water partition coefficient (Wildman–Crippen LogP) is 1.24. The van der Waals surface area contributed by atoms with Crippen molar-refractivity contribution >= 4 is 11.7 Å². The van der Waals surface area contributed by atoms with E-state index in [0.717, 1.165) is 44.4 Å². The largest absolute Gasteiger partial charge is 0.481 e. The highest BCUT2D eigenvalue weighted by Gasteiger charge is 2.15. The van der Waals surface area contributed by atoms with Gasteiger partial charge in [0.05, 0.1) is 12.3 Å². The maximum atomic E-state index is 9.00. The number of nitrogens with zero attached hydrogens (tertiary/aromatic N) is 1. The highest BCUT2D eigenvalue weighted by atomic mass is 16.5. The molecule has 1 aromatic rings. The zero-order valence-corrected chi connectivity index (χ0v) is 11.3. The summed E-state index contributed by atoms with van der Waals surface area (Å²) in [7, 11) is 1.67. The van der Waals surface area contributed by atoms with Gasteiger partial charge in [-0.05, 0) is 12.8 Å². The van der Waals surface area contributed by atoms with Gasteiger partial charge in [0, 0.05) is 39.5 Å². The molecule has 0 aliphatic carbocycles. The Bertz CT molecular complexity index is 371. The lowest BCUT2D eigenvalue weighted by molar-refractivity contribution is -0.134. The standard InChI is InChI=1S/C10H17N3O2.C2H4O2/c1-14-7-10-9(6-11-13-10)12-8-2-4-15-5-3-8;1-2(3)4/h6,8,12H,2-5,7H2,1H3,(H,11,13);1H3,(H,3,4). The number of H-pyrrole nitrogens is 1. The summed E-state index contributed by atoms with van der Waals surface area (Å²) >= 11 is 0. The number of methoxy groups -OCH3 is 1. The van der Waals surface area contributed by atoms with Crippen molar-refractivity contribution in [1.29, 1.82) is 0 Å². The van der Waals surface area contributed by atoms with Gasteiger partial charge in [-0.3, -0.25) is 9.89 Å². The fourth-order valence-electron chi connectivity index (χ4n) is 1.75. The Morgan fingerprint density at radius 3 is 2.84 bits per heavy atom. The summed E-state index contributed by atoms with van der Waals surface area (Å²) < 4.78 is 10.4. The van der Waals surface area contributed by atoms with Crippen LogP contribution in [-0.4, -0.2) is 47.6 Å². The van der Waals surface area contributed by atoms with E-state index in [0.29, 0.717) is 12.6 Å². The molecule has 0 spiro atoms. The van der Waals surface area contributed by atoms with E-state index in [-0.39, 0.29) is 0 Å². The summed E-state index contributed by atoms with van der Waals surface area (Å²) in [5, 5.41) is 17.9. The van der Waals surface area contributed by atoms with Crippen LogP contribution in [0, 0.1) is 0 Å². The number of rotatable bonds is 4. The average molecular weight is 271 g/mol. The van der Waals surface area contributed by atoms with Gasteiger partial charge in [0.25, 0.3) is 5.97 Å². The molecule has 0 bridgehead atoms. The van der Waals surface area contributed by atoms with Crippen LogP contribution in [0.3, 0.4) is 0 Å². The van der Waals surface area contributed by atoms with E-state index in [9.17, 15) is 0 Å². The predicted molar refractivity (Wildman–Crippen MR) is 70.1 cm³/mol. The number of aliphatic carboxylic acids is 1. The number of ether oxygens (including phenoxy) is 2. The quantitative estimate of drug-likeness (QED) is 0.762. The number of carboxylic acids is 1. The molecule has 0 atom stereocenters. The van der Waals surface area contributed by atoms with Crippen molar-refractivity contribution in [2.24, 2.45) is 0 Å². The Labute approximate surface area is 112 Å². The molecular weight excluding hydrogens is 250 g/mol. The monoisotopic (exact) mass is 271 g/mol. The van der Waals surface area contributed by atoms with E-state index in [1.807, 2.05) is 6.20 Å². The van der Waals surface area contributed by atoms with Gasteiger partial charge >= 0.3 is 0 Å². The van der Waals surface area contributed by atoms with E-state index in [2.05, 4.69) is 15.5 Å². The van der Waals surface area contributed by atoms with Crippen LogP contribution in [0.1, 0.15) is 25.5 Å². The number of aromatic amines is 1. The number of aromatic nitrogens is 2. The van der Waals surface area contributed by atoms with Gasteiger partial charge in [-0.15, -0.1) is 0 Å². The van der Waals surface area contributed by atoms with Gasteiger partial charge in [0.15, 0.2) is 0 Å². The summed E-state index contributed by atoms with van der Waals surface area (Å²) in [6.45, 7) is 3.30. The lowest BCUT2D eigenvalue weighted by atomic mass is 10.1. The number of hydrogen-bond donors (Lipinski definition) is 3. The summed E-state index contributed by atoms with van der Waals surface area (Å²) in [4.78, 5) is 9.00. The van der Waals surface area contributed by atoms with E-state index in [1.54, 1.807) is 7.11 Å². The van der Waals surface area contributed by atoms with Crippen LogP contribution in [0.5, 0.6) is 0 Å². The molecular formula is C12H21N3O4. The Hall–Kier alpha value is -1.60. The van der Waals surface area contributed by atoms with Crippen LogP contribution >= 0.6 is 0 Å². The average Bonchev–Trinajstić information content (AvgIpc) is 2.78. The molecule has 0 radical (unpaired) electrons. The van der Waals surface area contributed by atoms with Crippen LogP contribution in [0.4, 0.5) is 5.69 Å². The summed E-state index contributed by atoms with van der Waals surface area (Å²) in [6.07, 6.45) is 3.99. The molecule has 1 saturated heterocycles.